The monoisotopic (exact) mass is 175 g/mol. The fraction of sp³-hybridized carbons (Fsp3) is 0.286. The minimum atomic E-state index is -1.15. The molecule has 0 spiro atoms. The van der Waals surface area contributed by atoms with Gasteiger partial charge in [0.15, 0.2) is 0 Å². The van der Waals surface area contributed by atoms with Crippen LogP contribution in [0.2, 0.25) is 0 Å². The molecule has 1 aliphatic rings. The first-order chi connectivity index (χ1) is 5.25. The van der Waals surface area contributed by atoms with Crippen LogP contribution in [0, 0.1) is 0 Å². The van der Waals surface area contributed by atoms with Gasteiger partial charge in [0, 0.05) is 17.0 Å². The average molecular weight is 176 g/mol. The summed E-state index contributed by atoms with van der Waals surface area (Å²) < 4.78 is 12.9. The van der Waals surface area contributed by atoms with Gasteiger partial charge >= 0.3 is 0 Å². The highest BCUT2D eigenvalue weighted by atomic mass is 35.5. The lowest BCUT2D eigenvalue weighted by molar-refractivity contribution is 0.319. The molecule has 0 fully saturated rings. The highest BCUT2D eigenvalue weighted by molar-refractivity contribution is 6.33. The van der Waals surface area contributed by atoms with Crippen LogP contribution in [0.5, 0.6) is 0 Å². The molecule has 2 nitrogen and oxygen atoms in total. The second kappa shape index (κ2) is 3.53. The van der Waals surface area contributed by atoms with Crippen molar-refractivity contribution in [3.8, 4) is 0 Å². The Morgan fingerprint density at radius 1 is 1.82 bits per heavy atom. The van der Waals surface area contributed by atoms with Crippen LogP contribution in [0.4, 0.5) is 4.39 Å². The highest BCUT2D eigenvalue weighted by Gasteiger charge is 2.16. The van der Waals surface area contributed by atoms with Crippen molar-refractivity contribution in [2.24, 2.45) is 5.16 Å². The van der Waals surface area contributed by atoms with E-state index in [-0.39, 0.29) is 12.0 Å². The van der Waals surface area contributed by atoms with Crippen LogP contribution >= 0.6 is 11.6 Å². The number of hydrogen-bond acceptors (Lipinski definition) is 2. The quantitative estimate of drug-likeness (QED) is 0.370. The number of hydrogen-bond donors (Lipinski definition) is 1. The molecule has 0 aromatic carbocycles. The van der Waals surface area contributed by atoms with Crippen molar-refractivity contribution in [2.75, 3.05) is 0 Å². The molecule has 1 aliphatic carbocycles. The zero-order chi connectivity index (χ0) is 8.27. The zero-order valence-corrected chi connectivity index (χ0v) is 6.42. The lowest BCUT2D eigenvalue weighted by Gasteiger charge is -2.10. The summed E-state index contributed by atoms with van der Waals surface area (Å²) in [7, 11) is 0. The minimum Gasteiger partial charge on any atom is -0.411 e. The van der Waals surface area contributed by atoms with Crippen LogP contribution in [0.25, 0.3) is 0 Å². The Balaban J connectivity index is 2.91. The third-order valence-electron chi connectivity index (χ3n) is 1.42. The molecule has 4 heteroatoms. The normalized spacial score (nSPS) is 25.1. The molecule has 1 unspecified atom stereocenters. The van der Waals surface area contributed by atoms with E-state index in [9.17, 15) is 4.39 Å². The van der Waals surface area contributed by atoms with E-state index >= 15 is 0 Å². The Hall–Kier alpha value is -0.830. The molecule has 0 aromatic rings. The van der Waals surface area contributed by atoms with Crippen LogP contribution in [-0.2, 0) is 0 Å². The number of halogens is 2. The summed E-state index contributed by atoms with van der Waals surface area (Å²) >= 11 is 5.61. The van der Waals surface area contributed by atoms with Gasteiger partial charge in [0.05, 0.1) is 6.21 Å². The van der Waals surface area contributed by atoms with E-state index < -0.39 is 6.17 Å². The Kier molecular flexibility index (Phi) is 2.65. The maximum atomic E-state index is 12.9. The molecule has 11 heavy (non-hydrogen) atoms. The van der Waals surface area contributed by atoms with E-state index in [0.717, 1.165) is 6.21 Å². The second-order valence-electron chi connectivity index (χ2n) is 2.15. The van der Waals surface area contributed by atoms with Gasteiger partial charge in [0.25, 0.3) is 0 Å². The van der Waals surface area contributed by atoms with Gasteiger partial charge in [-0.1, -0.05) is 22.8 Å². The standard InChI is InChI=1S/C7H7ClFNO/c8-6-2-1-3-7(9)5(6)4-10-11/h1-2,4,7,11H,3H2/b10-4-. The molecule has 0 saturated heterocycles. The van der Waals surface area contributed by atoms with Crippen LogP contribution in [-0.4, -0.2) is 17.6 Å². The van der Waals surface area contributed by atoms with Gasteiger partial charge in [-0.2, -0.15) is 0 Å². The first-order valence-electron chi connectivity index (χ1n) is 3.13. The average Bonchev–Trinajstić information content (AvgIpc) is 1.97. The molecule has 0 bridgehead atoms. The fourth-order valence-corrected chi connectivity index (χ4v) is 1.12. The Morgan fingerprint density at radius 2 is 2.55 bits per heavy atom. The Morgan fingerprint density at radius 3 is 3.09 bits per heavy atom. The van der Waals surface area contributed by atoms with E-state index in [1.165, 1.54) is 0 Å². The number of nitrogens with zero attached hydrogens (tertiary/aromatic N) is 1. The number of allylic oxidation sites excluding steroid dienone is 4. The Labute approximate surface area is 68.7 Å². The van der Waals surface area contributed by atoms with E-state index in [1.807, 2.05) is 0 Å². The van der Waals surface area contributed by atoms with E-state index in [2.05, 4.69) is 5.16 Å². The minimum absolute atomic E-state index is 0.233. The molecule has 0 amide bonds. The maximum absolute atomic E-state index is 12.9. The first-order valence-corrected chi connectivity index (χ1v) is 3.51. The molecule has 1 atom stereocenters. The van der Waals surface area contributed by atoms with Gasteiger partial charge in [-0.25, -0.2) is 4.39 Å². The number of alkyl halides is 1. The molecule has 1 rings (SSSR count). The number of oxime groups is 1. The lowest BCUT2D eigenvalue weighted by atomic mass is 10.0. The van der Waals surface area contributed by atoms with Gasteiger partial charge in [0.1, 0.15) is 6.17 Å². The van der Waals surface area contributed by atoms with E-state index in [4.69, 9.17) is 16.8 Å². The van der Waals surface area contributed by atoms with Gasteiger partial charge < -0.3 is 5.21 Å². The highest BCUT2D eigenvalue weighted by Crippen LogP contribution is 2.23. The molecule has 1 N–H and O–H groups in total. The van der Waals surface area contributed by atoms with E-state index in [0.29, 0.717) is 5.03 Å². The molecule has 0 aromatic heterocycles. The topological polar surface area (TPSA) is 32.6 Å². The molecule has 0 heterocycles. The summed E-state index contributed by atoms with van der Waals surface area (Å²) in [6.07, 6.45) is 3.40. The van der Waals surface area contributed by atoms with Crippen molar-refractivity contribution in [2.45, 2.75) is 12.6 Å². The van der Waals surface area contributed by atoms with Crippen LogP contribution in [0.1, 0.15) is 6.42 Å². The summed E-state index contributed by atoms with van der Waals surface area (Å²) in [5, 5.41) is 11.2. The van der Waals surface area contributed by atoms with Crippen molar-refractivity contribution >= 4 is 17.8 Å². The van der Waals surface area contributed by atoms with Crippen molar-refractivity contribution < 1.29 is 9.60 Å². The van der Waals surface area contributed by atoms with Crippen LogP contribution in [0.15, 0.2) is 27.9 Å². The largest absolute Gasteiger partial charge is 0.411 e. The maximum Gasteiger partial charge on any atom is 0.132 e. The van der Waals surface area contributed by atoms with Crippen molar-refractivity contribution in [1.29, 1.82) is 0 Å². The van der Waals surface area contributed by atoms with Gasteiger partial charge in [-0.15, -0.1) is 0 Å². The molecule has 0 saturated carbocycles. The summed E-state index contributed by atoms with van der Waals surface area (Å²) in [5.41, 5.74) is 0.233. The Bertz CT molecular complexity index is 235. The van der Waals surface area contributed by atoms with Crippen molar-refractivity contribution in [3.63, 3.8) is 0 Å². The summed E-state index contributed by atoms with van der Waals surface area (Å²) in [6, 6.07) is 0. The summed E-state index contributed by atoms with van der Waals surface area (Å²) in [4.78, 5) is 0. The fourth-order valence-electron chi connectivity index (χ4n) is 0.869. The predicted octanol–water partition coefficient (Wildman–Crippen LogP) is 2.24. The first kappa shape index (κ1) is 8.27. The third kappa shape index (κ3) is 1.80. The van der Waals surface area contributed by atoms with Gasteiger partial charge in [0.2, 0.25) is 0 Å². The summed E-state index contributed by atoms with van der Waals surface area (Å²) in [5.74, 6) is 0. The van der Waals surface area contributed by atoms with Crippen molar-refractivity contribution in [3.05, 3.63) is 22.8 Å². The van der Waals surface area contributed by atoms with Gasteiger partial charge in [-0.05, 0) is 6.08 Å². The molecule has 0 radical (unpaired) electrons. The second-order valence-corrected chi connectivity index (χ2v) is 2.56. The molecule has 0 aliphatic heterocycles. The van der Waals surface area contributed by atoms with Gasteiger partial charge in [-0.3, -0.25) is 0 Å². The molecular formula is C7H7ClFNO. The number of rotatable bonds is 1. The van der Waals surface area contributed by atoms with E-state index in [1.54, 1.807) is 12.2 Å². The molecule has 60 valence electrons. The summed E-state index contributed by atoms with van der Waals surface area (Å²) in [6.45, 7) is 0. The molecular weight excluding hydrogens is 169 g/mol. The van der Waals surface area contributed by atoms with Crippen molar-refractivity contribution in [1.82, 2.24) is 0 Å². The third-order valence-corrected chi connectivity index (χ3v) is 1.76. The zero-order valence-electron chi connectivity index (χ0n) is 5.67. The predicted molar refractivity (Wildman–Crippen MR) is 41.8 cm³/mol. The SMILES string of the molecule is O/N=C\C1=C(Cl)C=CCC1F. The van der Waals surface area contributed by atoms with Crippen LogP contribution < -0.4 is 0 Å². The lowest BCUT2D eigenvalue weighted by Crippen LogP contribution is -2.08. The smallest absolute Gasteiger partial charge is 0.132 e. The van der Waals surface area contributed by atoms with Crippen LogP contribution in [0.3, 0.4) is 0 Å².